The number of nitrogens with one attached hydrogen (secondary N) is 1. The second-order valence-electron chi connectivity index (χ2n) is 7.18. The van der Waals surface area contributed by atoms with Gasteiger partial charge in [-0.25, -0.2) is 0 Å². The van der Waals surface area contributed by atoms with Crippen molar-refractivity contribution < 1.29 is 28.9 Å². The van der Waals surface area contributed by atoms with Crippen molar-refractivity contribution in [3.63, 3.8) is 0 Å². The highest BCUT2D eigenvalue weighted by atomic mass is 16.5. The van der Waals surface area contributed by atoms with Crippen molar-refractivity contribution in [3.8, 4) is 17.2 Å². The number of methoxy groups -OCH3 is 2. The van der Waals surface area contributed by atoms with Gasteiger partial charge in [0.2, 0.25) is 0 Å². The predicted octanol–water partition coefficient (Wildman–Crippen LogP) is 2.85. The number of ether oxygens (including phenoxy) is 3. The third-order valence-corrected chi connectivity index (χ3v) is 4.99. The van der Waals surface area contributed by atoms with Crippen LogP contribution in [-0.4, -0.2) is 37.7 Å². The first kappa shape index (κ1) is 23.6. The Bertz CT molecular complexity index is 1130. The summed E-state index contributed by atoms with van der Waals surface area (Å²) in [5, 5.41) is 13.3. The predicted molar refractivity (Wildman–Crippen MR) is 123 cm³/mol. The number of hydrogen-bond donors (Lipinski definition) is 3. The van der Waals surface area contributed by atoms with E-state index in [1.54, 1.807) is 66.7 Å². The summed E-state index contributed by atoms with van der Waals surface area (Å²) in [4.78, 5) is 24.2. The lowest BCUT2D eigenvalue weighted by molar-refractivity contribution is 0.0914. The van der Waals surface area contributed by atoms with Crippen molar-refractivity contribution in [1.29, 1.82) is 0 Å². The van der Waals surface area contributed by atoms with Gasteiger partial charge in [-0.2, -0.15) is 0 Å². The molecular formula is C25H26N2O6. The standard InChI is InChI=1S/C25H26N2O6/c1-31-18-10-11-22(32-2)20(13-18)21(28)14-27-25(30)17-7-5-6-16(12-17)15-33-23-9-4-3-8-19(23)24(26)29/h3-13,21,28H,14-15H2,1-2H3,(H2,26,29)(H,27,30). The van der Waals surface area contributed by atoms with Crippen LogP contribution in [0, 0.1) is 0 Å². The molecule has 8 heteroatoms. The van der Waals surface area contributed by atoms with Crippen LogP contribution in [0.25, 0.3) is 0 Å². The van der Waals surface area contributed by atoms with Crippen LogP contribution in [0.2, 0.25) is 0 Å². The molecule has 0 heterocycles. The molecule has 0 fully saturated rings. The molecular weight excluding hydrogens is 424 g/mol. The van der Waals surface area contributed by atoms with Crippen LogP contribution in [0.5, 0.6) is 17.2 Å². The minimum Gasteiger partial charge on any atom is -0.497 e. The van der Waals surface area contributed by atoms with Crippen molar-refractivity contribution in [2.75, 3.05) is 20.8 Å². The molecule has 0 spiro atoms. The Hall–Kier alpha value is -4.04. The van der Waals surface area contributed by atoms with Gasteiger partial charge in [0.1, 0.15) is 30.0 Å². The maximum Gasteiger partial charge on any atom is 0.252 e. The molecule has 3 rings (SSSR count). The summed E-state index contributed by atoms with van der Waals surface area (Å²) in [6.07, 6.45) is -0.990. The zero-order valence-corrected chi connectivity index (χ0v) is 18.4. The van der Waals surface area contributed by atoms with E-state index in [-0.39, 0.29) is 24.6 Å². The Labute approximate surface area is 191 Å². The monoisotopic (exact) mass is 450 g/mol. The van der Waals surface area contributed by atoms with Crippen LogP contribution < -0.4 is 25.3 Å². The molecule has 33 heavy (non-hydrogen) atoms. The second kappa shape index (κ2) is 11.0. The quantitative estimate of drug-likeness (QED) is 0.437. The van der Waals surface area contributed by atoms with E-state index < -0.39 is 12.0 Å². The normalized spacial score (nSPS) is 11.4. The molecule has 0 aliphatic heterocycles. The molecule has 0 saturated carbocycles. The van der Waals surface area contributed by atoms with E-state index in [2.05, 4.69) is 5.32 Å². The van der Waals surface area contributed by atoms with Crippen molar-refractivity contribution in [3.05, 3.63) is 89.0 Å². The molecule has 8 nitrogen and oxygen atoms in total. The van der Waals surface area contributed by atoms with Crippen LogP contribution in [0.4, 0.5) is 0 Å². The first-order valence-electron chi connectivity index (χ1n) is 10.2. The van der Waals surface area contributed by atoms with Gasteiger partial charge in [0.25, 0.3) is 11.8 Å². The fraction of sp³-hybridized carbons (Fsp3) is 0.200. The summed E-state index contributed by atoms with van der Waals surface area (Å²) < 4.78 is 16.2. The Morgan fingerprint density at radius 3 is 2.48 bits per heavy atom. The molecule has 3 aromatic rings. The summed E-state index contributed by atoms with van der Waals surface area (Å²) in [7, 11) is 3.04. The topological polar surface area (TPSA) is 120 Å². The number of hydrogen-bond acceptors (Lipinski definition) is 6. The van der Waals surface area contributed by atoms with Crippen molar-refractivity contribution in [1.82, 2.24) is 5.32 Å². The minimum atomic E-state index is -0.990. The van der Waals surface area contributed by atoms with E-state index in [0.717, 1.165) is 5.56 Å². The van der Waals surface area contributed by atoms with Crippen LogP contribution >= 0.6 is 0 Å². The SMILES string of the molecule is COc1ccc(OC)c(C(O)CNC(=O)c2cccc(COc3ccccc3C(N)=O)c2)c1. The second-order valence-corrected chi connectivity index (χ2v) is 7.18. The fourth-order valence-corrected chi connectivity index (χ4v) is 3.26. The van der Waals surface area contributed by atoms with Gasteiger partial charge in [-0.05, 0) is 48.0 Å². The van der Waals surface area contributed by atoms with Gasteiger partial charge in [0.05, 0.1) is 19.8 Å². The van der Waals surface area contributed by atoms with Gasteiger partial charge in [-0.15, -0.1) is 0 Å². The highest BCUT2D eigenvalue weighted by Gasteiger charge is 2.17. The number of rotatable bonds is 10. The number of primary amides is 1. The highest BCUT2D eigenvalue weighted by molar-refractivity contribution is 5.95. The van der Waals surface area contributed by atoms with Crippen LogP contribution in [0.3, 0.4) is 0 Å². The van der Waals surface area contributed by atoms with E-state index in [1.807, 2.05) is 0 Å². The third kappa shape index (κ3) is 6.02. The van der Waals surface area contributed by atoms with Gasteiger partial charge in [-0.1, -0.05) is 24.3 Å². The number of benzene rings is 3. The fourth-order valence-electron chi connectivity index (χ4n) is 3.26. The molecule has 0 aromatic heterocycles. The number of aliphatic hydroxyl groups is 1. The van der Waals surface area contributed by atoms with Gasteiger partial charge in [0, 0.05) is 17.7 Å². The highest BCUT2D eigenvalue weighted by Crippen LogP contribution is 2.29. The largest absolute Gasteiger partial charge is 0.497 e. The van der Waals surface area contributed by atoms with Crippen LogP contribution in [0.15, 0.2) is 66.7 Å². The molecule has 172 valence electrons. The maximum atomic E-state index is 12.6. The van der Waals surface area contributed by atoms with Crippen molar-refractivity contribution >= 4 is 11.8 Å². The maximum absolute atomic E-state index is 12.6. The minimum absolute atomic E-state index is 0.0188. The molecule has 4 N–H and O–H groups in total. The summed E-state index contributed by atoms with van der Waals surface area (Å²) in [6, 6.07) is 18.7. The molecule has 0 radical (unpaired) electrons. The average molecular weight is 450 g/mol. The lowest BCUT2D eigenvalue weighted by atomic mass is 10.1. The number of carbonyl (C=O) groups is 2. The van der Waals surface area contributed by atoms with E-state index in [4.69, 9.17) is 19.9 Å². The van der Waals surface area contributed by atoms with Gasteiger partial charge in [0.15, 0.2) is 0 Å². The third-order valence-electron chi connectivity index (χ3n) is 4.99. The Balaban J connectivity index is 1.64. The first-order chi connectivity index (χ1) is 15.9. The number of aliphatic hydroxyl groups excluding tert-OH is 1. The zero-order valence-electron chi connectivity index (χ0n) is 18.4. The Morgan fingerprint density at radius 2 is 1.76 bits per heavy atom. The van der Waals surface area contributed by atoms with Crippen LogP contribution in [0.1, 0.15) is 37.9 Å². The van der Waals surface area contributed by atoms with Gasteiger partial charge >= 0.3 is 0 Å². The van der Waals surface area contributed by atoms with E-state index in [0.29, 0.717) is 28.4 Å². The van der Waals surface area contributed by atoms with Crippen LogP contribution in [-0.2, 0) is 6.61 Å². The van der Waals surface area contributed by atoms with E-state index in [1.165, 1.54) is 14.2 Å². The first-order valence-corrected chi connectivity index (χ1v) is 10.2. The molecule has 1 atom stereocenters. The molecule has 0 aliphatic rings. The number of para-hydroxylation sites is 1. The smallest absolute Gasteiger partial charge is 0.252 e. The lowest BCUT2D eigenvalue weighted by Gasteiger charge is -2.17. The average Bonchev–Trinajstić information content (AvgIpc) is 2.85. The molecule has 0 bridgehead atoms. The Morgan fingerprint density at radius 1 is 0.970 bits per heavy atom. The molecule has 2 amide bonds. The molecule has 0 aliphatic carbocycles. The number of amides is 2. The van der Waals surface area contributed by atoms with Crippen molar-refractivity contribution in [2.45, 2.75) is 12.7 Å². The van der Waals surface area contributed by atoms with E-state index >= 15 is 0 Å². The van der Waals surface area contributed by atoms with Gasteiger partial charge in [-0.3, -0.25) is 9.59 Å². The zero-order chi connectivity index (χ0) is 23.8. The number of carbonyl (C=O) groups excluding carboxylic acids is 2. The summed E-state index contributed by atoms with van der Waals surface area (Å²) in [5.74, 6) is 0.505. The lowest BCUT2D eigenvalue weighted by Crippen LogP contribution is -2.28. The summed E-state index contributed by atoms with van der Waals surface area (Å²) in [6.45, 7) is 0.129. The van der Waals surface area contributed by atoms with Crippen molar-refractivity contribution in [2.24, 2.45) is 5.73 Å². The molecule has 0 saturated heterocycles. The number of nitrogens with two attached hydrogens (primary N) is 1. The summed E-state index contributed by atoms with van der Waals surface area (Å²) >= 11 is 0. The molecule has 1 unspecified atom stereocenters. The Kier molecular flexibility index (Phi) is 7.88. The van der Waals surface area contributed by atoms with E-state index in [9.17, 15) is 14.7 Å². The summed E-state index contributed by atoms with van der Waals surface area (Å²) in [5.41, 5.74) is 7.31. The molecule has 3 aromatic carbocycles. The van der Waals surface area contributed by atoms with Gasteiger partial charge < -0.3 is 30.4 Å².